The number of rotatable bonds is 7. The Morgan fingerprint density at radius 2 is 1.87 bits per heavy atom. The highest BCUT2D eigenvalue weighted by Crippen LogP contribution is 2.26. The normalized spacial score (nSPS) is 10.4. The van der Waals surface area contributed by atoms with E-state index in [1.807, 2.05) is 6.07 Å². The number of nitriles is 1. The van der Waals surface area contributed by atoms with Crippen molar-refractivity contribution in [3.63, 3.8) is 0 Å². The summed E-state index contributed by atoms with van der Waals surface area (Å²) >= 11 is 6.04. The third-order valence-corrected chi connectivity index (χ3v) is 5.09. The van der Waals surface area contributed by atoms with Crippen molar-refractivity contribution in [2.75, 3.05) is 13.7 Å². The van der Waals surface area contributed by atoms with Gasteiger partial charge in [-0.2, -0.15) is 5.26 Å². The average Bonchev–Trinajstić information content (AvgIpc) is 2.77. The molecule has 1 heterocycles. The fourth-order valence-electron chi connectivity index (χ4n) is 3.12. The van der Waals surface area contributed by atoms with Crippen LogP contribution in [0.4, 0.5) is 0 Å². The monoisotopic (exact) mass is 438 g/mol. The first kappa shape index (κ1) is 21.9. The van der Waals surface area contributed by atoms with Crippen molar-refractivity contribution >= 4 is 17.4 Å². The molecule has 0 atom stereocenters. The number of pyridine rings is 1. The standard InChI is InChI=1S/C23H19ClN2O5/c1-14-17(11-25)22(28)26(12-15-7-9-16(30-2)10-8-15)23(29)21(14)19(27)13-31-20-6-4-3-5-18(20)24/h3-10,29H,12-13H2,1-2H3. The van der Waals surface area contributed by atoms with E-state index in [1.165, 1.54) is 14.0 Å². The third kappa shape index (κ3) is 4.55. The van der Waals surface area contributed by atoms with E-state index >= 15 is 0 Å². The minimum Gasteiger partial charge on any atom is -0.497 e. The first-order valence-electron chi connectivity index (χ1n) is 9.27. The van der Waals surface area contributed by atoms with Crippen LogP contribution in [0.5, 0.6) is 17.4 Å². The second-order valence-corrected chi connectivity index (χ2v) is 7.10. The highest BCUT2D eigenvalue weighted by molar-refractivity contribution is 6.32. The first-order chi connectivity index (χ1) is 14.9. The first-order valence-corrected chi connectivity index (χ1v) is 9.65. The van der Waals surface area contributed by atoms with Crippen LogP contribution in [0.1, 0.15) is 27.0 Å². The van der Waals surface area contributed by atoms with Crippen LogP contribution in [0.25, 0.3) is 0 Å². The van der Waals surface area contributed by atoms with Crippen LogP contribution < -0.4 is 15.0 Å². The van der Waals surface area contributed by atoms with E-state index < -0.39 is 23.8 Å². The van der Waals surface area contributed by atoms with Gasteiger partial charge < -0.3 is 14.6 Å². The zero-order chi connectivity index (χ0) is 22.5. The molecule has 0 unspecified atom stereocenters. The number of aromatic nitrogens is 1. The van der Waals surface area contributed by atoms with Gasteiger partial charge >= 0.3 is 0 Å². The fourth-order valence-corrected chi connectivity index (χ4v) is 3.31. The number of halogens is 1. The number of carbonyl (C=O) groups is 1. The van der Waals surface area contributed by atoms with Gasteiger partial charge in [0, 0.05) is 0 Å². The Morgan fingerprint density at radius 1 is 1.19 bits per heavy atom. The van der Waals surface area contributed by atoms with Crippen molar-refractivity contribution in [3.8, 4) is 23.4 Å². The Bertz CT molecular complexity index is 1230. The third-order valence-electron chi connectivity index (χ3n) is 4.77. The number of Topliss-reactive ketones (excluding diaryl/α,β-unsaturated/α-hetero) is 1. The number of ether oxygens (including phenoxy) is 2. The summed E-state index contributed by atoms with van der Waals surface area (Å²) in [5.74, 6) is -0.170. The quantitative estimate of drug-likeness (QED) is 0.564. The largest absolute Gasteiger partial charge is 0.497 e. The van der Waals surface area contributed by atoms with E-state index in [-0.39, 0.29) is 23.2 Å². The molecule has 0 aliphatic rings. The van der Waals surface area contributed by atoms with Crippen molar-refractivity contribution < 1.29 is 19.4 Å². The van der Waals surface area contributed by atoms with E-state index in [2.05, 4.69) is 0 Å². The lowest BCUT2D eigenvalue weighted by molar-refractivity contribution is 0.0916. The SMILES string of the molecule is COc1ccc(Cn2c(O)c(C(=O)COc3ccccc3Cl)c(C)c(C#N)c2=O)cc1. The van der Waals surface area contributed by atoms with Crippen LogP contribution >= 0.6 is 11.6 Å². The van der Waals surface area contributed by atoms with E-state index in [0.29, 0.717) is 22.1 Å². The number of benzene rings is 2. The molecule has 0 radical (unpaired) electrons. The second kappa shape index (κ2) is 9.37. The minimum atomic E-state index is -0.683. The number of aromatic hydroxyl groups is 1. The smallest absolute Gasteiger partial charge is 0.271 e. The van der Waals surface area contributed by atoms with Gasteiger partial charge in [-0.25, -0.2) is 0 Å². The molecule has 0 bridgehead atoms. The molecule has 3 rings (SSSR count). The Balaban J connectivity index is 1.98. The number of nitrogens with zero attached hydrogens (tertiary/aromatic N) is 2. The van der Waals surface area contributed by atoms with Gasteiger partial charge in [0.15, 0.2) is 6.61 Å². The summed E-state index contributed by atoms with van der Waals surface area (Å²) < 4.78 is 11.6. The van der Waals surface area contributed by atoms with Crippen molar-refractivity contribution in [2.24, 2.45) is 0 Å². The highest BCUT2D eigenvalue weighted by Gasteiger charge is 2.24. The van der Waals surface area contributed by atoms with Gasteiger partial charge in [0.1, 0.15) is 23.1 Å². The van der Waals surface area contributed by atoms with Gasteiger partial charge in [0.25, 0.3) is 5.56 Å². The Labute approximate surface area is 183 Å². The topological polar surface area (TPSA) is 102 Å². The fraction of sp³-hybridized carbons (Fsp3) is 0.174. The predicted molar refractivity (Wildman–Crippen MR) is 115 cm³/mol. The van der Waals surface area contributed by atoms with E-state index in [9.17, 15) is 20.0 Å². The summed E-state index contributed by atoms with van der Waals surface area (Å²) in [7, 11) is 1.53. The molecule has 7 nitrogen and oxygen atoms in total. The van der Waals surface area contributed by atoms with Crippen LogP contribution in [0.2, 0.25) is 5.02 Å². The molecule has 0 spiro atoms. The summed E-state index contributed by atoms with van der Waals surface area (Å²) in [5.41, 5.74) is -0.263. The predicted octanol–water partition coefficient (Wildman–Crippen LogP) is 3.71. The van der Waals surface area contributed by atoms with Gasteiger partial charge in [-0.15, -0.1) is 0 Å². The number of carbonyl (C=O) groups excluding carboxylic acids is 1. The molecular weight excluding hydrogens is 420 g/mol. The van der Waals surface area contributed by atoms with Crippen molar-refractivity contribution in [2.45, 2.75) is 13.5 Å². The summed E-state index contributed by atoms with van der Waals surface area (Å²) in [6.07, 6.45) is 0. The maximum Gasteiger partial charge on any atom is 0.271 e. The van der Waals surface area contributed by atoms with E-state index in [4.69, 9.17) is 21.1 Å². The summed E-state index contributed by atoms with van der Waals surface area (Å²) in [6, 6.07) is 15.3. The molecule has 0 fully saturated rings. The summed E-state index contributed by atoms with van der Waals surface area (Å²) in [5, 5.41) is 20.6. The zero-order valence-corrected chi connectivity index (χ0v) is 17.6. The lowest BCUT2D eigenvalue weighted by Gasteiger charge is -2.16. The molecule has 1 N–H and O–H groups in total. The molecular formula is C23H19ClN2O5. The van der Waals surface area contributed by atoms with Gasteiger partial charge in [-0.1, -0.05) is 35.9 Å². The molecule has 0 amide bonds. The molecule has 2 aromatic carbocycles. The molecule has 3 aromatic rings. The number of ketones is 1. The van der Waals surface area contributed by atoms with Crippen molar-refractivity contribution in [1.29, 1.82) is 5.26 Å². The van der Waals surface area contributed by atoms with Crippen LogP contribution in [0, 0.1) is 18.3 Å². The number of methoxy groups -OCH3 is 1. The van der Waals surface area contributed by atoms with Crippen LogP contribution in [-0.2, 0) is 6.54 Å². The molecule has 0 saturated heterocycles. The molecule has 0 aliphatic carbocycles. The maximum absolute atomic E-state index is 12.9. The van der Waals surface area contributed by atoms with Crippen LogP contribution in [0.15, 0.2) is 53.3 Å². The maximum atomic E-state index is 12.9. The lowest BCUT2D eigenvalue weighted by atomic mass is 10.0. The van der Waals surface area contributed by atoms with Crippen LogP contribution in [0.3, 0.4) is 0 Å². The Morgan fingerprint density at radius 3 is 2.48 bits per heavy atom. The van der Waals surface area contributed by atoms with Gasteiger partial charge in [0.2, 0.25) is 11.7 Å². The molecule has 1 aromatic heterocycles. The van der Waals surface area contributed by atoms with Gasteiger partial charge in [-0.3, -0.25) is 14.2 Å². The van der Waals surface area contributed by atoms with E-state index in [0.717, 1.165) is 4.57 Å². The lowest BCUT2D eigenvalue weighted by Crippen LogP contribution is -2.28. The van der Waals surface area contributed by atoms with Gasteiger partial charge in [-0.05, 0) is 42.3 Å². The minimum absolute atomic E-state index is 0.0325. The average molecular weight is 439 g/mol. The van der Waals surface area contributed by atoms with Crippen LogP contribution in [-0.4, -0.2) is 29.2 Å². The van der Waals surface area contributed by atoms with Gasteiger partial charge in [0.05, 0.1) is 24.2 Å². The Kier molecular flexibility index (Phi) is 6.63. The molecule has 8 heteroatoms. The highest BCUT2D eigenvalue weighted by atomic mass is 35.5. The van der Waals surface area contributed by atoms with Crippen molar-refractivity contribution in [1.82, 2.24) is 4.57 Å². The number of para-hydroxylation sites is 1. The zero-order valence-electron chi connectivity index (χ0n) is 16.9. The summed E-state index contributed by atoms with van der Waals surface area (Å²) in [4.78, 5) is 25.6. The second-order valence-electron chi connectivity index (χ2n) is 6.69. The van der Waals surface area contributed by atoms with Crippen molar-refractivity contribution in [3.05, 3.63) is 86.2 Å². The molecule has 31 heavy (non-hydrogen) atoms. The molecule has 0 aliphatic heterocycles. The number of hydrogen-bond acceptors (Lipinski definition) is 6. The molecule has 158 valence electrons. The van der Waals surface area contributed by atoms with E-state index in [1.54, 1.807) is 48.5 Å². The molecule has 0 saturated carbocycles. The summed E-state index contributed by atoms with van der Waals surface area (Å²) in [6.45, 7) is 0.985. The number of hydrogen-bond donors (Lipinski definition) is 1. The Hall–Kier alpha value is -3.76.